The van der Waals surface area contributed by atoms with Gasteiger partial charge in [-0.3, -0.25) is 9.78 Å². The first-order valence-electron chi connectivity index (χ1n) is 8.89. The van der Waals surface area contributed by atoms with Crippen molar-refractivity contribution in [2.75, 3.05) is 4.90 Å². The largest absolute Gasteiger partial charge is 0.446 e. The van der Waals surface area contributed by atoms with E-state index in [0.29, 0.717) is 12.8 Å². The zero-order chi connectivity index (χ0) is 20.8. The highest BCUT2D eigenvalue weighted by molar-refractivity contribution is 8.00. The molecule has 0 bridgehead atoms. The Balaban J connectivity index is 1.60. The highest BCUT2D eigenvalue weighted by atomic mass is 32.2. The van der Waals surface area contributed by atoms with Crippen LogP contribution in [-0.2, 0) is 17.9 Å². The van der Waals surface area contributed by atoms with E-state index in [1.54, 1.807) is 18.5 Å². The van der Waals surface area contributed by atoms with Crippen molar-refractivity contribution in [3.8, 4) is 0 Å². The minimum atomic E-state index is -4.40. The number of amides is 3. The number of pyridine rings is 1. The summed E-state index contributed by atoms with van der Waals surface area (Å²) in [5, 5.41) is 0. The lowest BCUT2D eigenvalue weighted by atomic mass is 10.1. The highest BCUT2D eigenvalue weighted by Crippen LogP contribution is 2.50. The number of rotatable bonds is 5. The van der Waals surface area contributed by atoms with Gasteiger partial charge < -0.3 is 10.6 Å². The number of nitrogens with two attached hydrogens (primary N) is 1. The summed E-state index contributed by atoms with van der Waals surface area (Å²) in [6.07, 6.45) is 4.34. The molecule has 6 nitrogen and oxygen atoms in total. The molecule has 2 N–H and O–H groups in total. The van der Waals surface area contributed by atoms with E-state index < -0.39 is 17.1 Å². The van der Waals surface area contributed by atoms with Gasteiger partial charge in [-0.1, -0.05) is 0 Å². The minimum Gasteiger partial charge on any atom is -0.326 e. The van der Waals surface area contributed by atoms with Gasteiger partial charge >= 0.3 is 11.5 Å². The highest BCUT2D eigenvalue weighted by Gasteiger charge is 2.65. The van der Waals surface area contributed by atoms with E-state index in [2.05, 4.69) is 4.98 Å². The molecule has 0 radical (unpaired) electrons. The molecule has 2 aliphatic rings. The molecule has 2 aromatic rings. The third-order valence-corrected chi connectivity index (χ3v) is 5.88. The fourth-order valence-electron chi connectivity index (χ4n) is 3.52. The number of anilines is 1. The van der Waals surface area contributed by atoms with E-state index in [4.69, 9.17) is 5.73 Å². The van der Waals surface area contributed by atoms with Crippen LogP contribution in [0.3, 0.4) is 0 Å². The quantitative estimate of drug-likeness (QED) is 0.588. The van der Waals surface area contributed by atoms with E-state index in [1.165, 1.54) is 29.2 Å². The standard InChI is InChI=1S/C19H17F3N4O2S/c20-19(21,22)29-15-3-1-14(2-4-15)26-16(27)18(6-7-18)25(17(26)28)11-12-5-8-24-10-13(12)9-23/h1-5,8,10H,6-7,9,11,23H2. The molecule has 1 saturated heterocycles. The van der Waals surface area contributed by atoms with E-state index >= 15 is 0 Å². The van der Waals surface area contributed by atoms with Crippen LogP contribution >= 0.6 is 11.8 Å². The smallest absolute Gasteiger partial charge is 0.326 e. The number of halogens is 3. The Bertz CT molecular complexity index is 961. The summed E-state index contributed by atoms with van der Waals surface area (Å²) in [6, 6.07) is 6.52. The second kappa shape index (κ2) is 7.03. The van der Waals surface area contributed by atoms with Crippen LogP contribution in [0.2, 0.25) is 0 Å². The predicted molar refractivity (Wildman–Crippen MR) is 101 cm³/mol. The summed E-state index contributed by atoms with van der Waals surface area (Å²) >= 11 is -0.244. The molecule has 1 aliphatic carbocycles. The number of alkyl halides is 3. The predicted octanol–water partition coefficient (Wildman–Crippen LogP) is 3.65. The van der Waals surface area contributed by atoms with Gasteiger partial charge in [-0.05, 0) is 66.1 Å². The molecule has 1 aromatic carbocycles. The van der Waals surface area contributed by atoms with Crippen LogP contribution < -0.4 is 10.6 Å². The maximum atomic E-state index is 13.1. The Hall–Kier alpha value is -2.59. The molecule has 10 heteroatoms. The van der Waals surface area contributed by atoms with Crippen LogP contribution in [0.1, 0.15) is 24.0 Å². The number of thioether (sulfide) groups is 1. The Morgan fingerprint density at radius 2 is 1.79 bits per heavy atom. The molecule has 4 rings (SSSR count). The molecular formula is C19H17F3N4O2S. The SMILES string of the molecule is NCc1cnccc1CN1C(=O)N(c2ccc(SC(F)(F)F)cc2)C(=O)C12CC2. The molecule has 1 saturated carbocycles. The molecule has 1 aromatic heterocycles. The van der Waals surface area contributed by atoms with Gasteiger partial charge in [0, 0.05) is 30.4 Å². The number of benzene rings is 1. The summed E-state index contributed by atoms with van der Waals surface area (Å²) in [5.41, 5.74) is 2.32. The number of aromatic nitrogens is 1. The number of imide groups is 1. The van der Waals surface area contributed by atoms with Gasteiger partial charge in [0.25, 0.3) is 5.91 Å². The number of carbonyl (C=O) groups is 2. The maximum absolute atomic E-state index is 13.1. The number of hydrogen-bond acceptors (Lipinski definition) is 5. The average molecular weight is 422 g/mol. The van der Waals surface area contributed by atoms with E-state index in [-0.39, 0.29) is 41.3 Å². The van der Waals surface area contributed by atoms with Crippen molar-refractivity contribution in [1.82, 2.24) is 9.88 Å². The van der Waals surface area contributed by atoms with Crippen LogP contribution in [0.4, 0.5) is 23.7 Å². The van der Waals surface area contributed by atoms with Crippen molar-refractivity contribution >= 4 is 29.4 Å². The summed E-state index contributed by atoms with van der Waals surface area (Å²) in [7, 11) is 0. The lowest BCUT2D eigenvalue weighted by Gasteiger charge is -2.22. The third-order valence-electron chi connectivity index (χ3n) is 5.15. The minimum absolute atomic E-state index is 0.0114. The summed E-state index contributed by atoms with van der Waals surface area (Å²) in [5.74, 6) is -0.345. The Labute approximate surface area is 168 Å². The van der Waals surface area contributed by atoms with Crippen molar-refractivity contribution in [2.24, 2.45) is 5.73 Å². The average Bonchev–Trinajstić information content (AvgIpc) is 3.45. The second-order valence-electron chi connectivity index (χ2n) is 6.93. The van der Waals surface area contributed by atoms with Gasteiger partial charge in [0.2, 0.25) is 0 Å². The Kier molecular flexibility index (Phi) is 4.78. The molecule has 1 spiro atoms. The lowest BCUT2D eigenvalue weighted by Crippen LogP contribution is -2.36. The molecule has 2 heterocycles. The molecule has 1 aliphatic heterocycles. The van der Waals surface area contributed by atoms with Gasteiger partial charge in [-0.2, -0.15) is 13.2 Å². The van der Waals surface area contributed by atoms with Crippen molar-refractivity contribution < 1.29 is 22.8 Å². The van der Waals surface area contributed by atoms with Crippen LogP contribution in [0.25, 0.3) is 0 Å². The van der Waals surface area contributed by atoms with Crippen molar-refractivity contribution in [2.45, 2.75) is 41.9 Å². The second-order valence-corrected chi connectivity index (χ2v) is 8.07. The van der Waals surface area contributed by atoms with E-state index in [1.807, 2.05) is 0 Å². The van der Waals surface area contributed by atoms with Gasteiger partial charge in [0.05, 0.1) is 5.69 Å². The van der Waals surface area contributed by atoms with Crippen LogP contribution in [0.5, 0.6) is 0 Å². The van der Waals surface area contributed by atoms with Crippen LogP contribution in [-0.4, -0.2) is 32.9 Å². The first kappa shape index (κ1) is 19.7. The number of carbonyl (C=O) groups excluding carboxylic acids is 2. The molecule has 2 fully saturated rings. The van der Waals surface area contributed by atoms with Gasteiger partial charge in [0.15, 0.2) is 0 Å². The fourth-order valence-corrected chi connectivity index (χ4v) is 4.06. The summed E-state index contributed by atoms with van der Waals surface area (Å²) in [4.78, 5) is 32.7. The number of nitrogens with zero attached hydrogens (tertiary/aromatic N) is 3. The lowest BCUT2D eigenvalue weighted by molar-refractivity contribution is -0.120. The first-order valence-corrected chi connectivity index (χ1v) is 9.71. The van der Waals surface area contributed by atoms with Crippen molar-refractivity contribution in [1.29, 1.82) is 0 Å². The molecule has 0 unspecified atom stereocenters. The zero-order valence-corrected chi connectivity index (χ0v) is 16.0. The normalized spacial score (nSPS) is 18.1. The molecule has 0 atom stereocenters. The molecule has 3 amide bonds. The number of urea groups is 1. The molecule has 29 heavy (non-hydrogen) atoms. The molecular weight excluding hydrogens is 405 g/mol. The van der Waals surface area contributed by atoms with Gasteiger partial charge in [0.1, 0.15) is 5.54 Å². The monoisotopic (exact) mass is 422 g/mol. The summed E-state index contributed by atoms with van der Waals surface area (Å²) in [6.45, 7) is 0.479. The van der Waals surface area contributed by atoms with Crippen LogP contribution in [0.15, 0.2) is 47.6 Å². The van der Waals surface area contributed by atoms with Gasteiger partial charge in [-0.25, -0.2) is 9.69 Å². The maximum Gasteiger partial charge on any atom is 0.446 e. The zero-order valence-electron chi connectivity index (χ0n) is 15.1. The topological polar surface area (TPSA) is 79.5 Å². The van der Waals surface area contributed by atoms with Crippen molar-refractivity contribution in [3.05, 3.63) is 53.9 Å². The Morgan fingerprint density at radius 3 is 2.38 bits per heavy atom. The molecule has 152 valence electrons. The van der Waals surface area contributed by atoms with E-state index in [9.17, 15) is 22.8 Å². The van der Waals surface area contributed by atoms with Crippen molar-refractivity contribution in [3.63, 3.8) is 0 Å². The van der Waals surface area contributed by atoms with Crippen LogP contribution in [0, 0.1) is 0 Å². The number of hydrogen-bond donors (Lipinski definition) is 1. The Morgan fingerprint density at radius 1 is 1.10 bits per heavy atom. The third kappa shape index (κ3) is 3.58. The summed E-state index contributed by atoms with van der Waals surface area (Å²) < 4.78 is 37.6. The van der Waals surface area contributed by atoms with Gasteiger partial charge in [-0.15, -0.1) is 0 Å². The first-order chi connectivity index (χ1) is 13.7. The van der Waals surface area contributed by atoms with E-state index in [0.717, 1.165) is 16.0 Å². The fraction of sp³-hybridized carbons (Fsp3) is 0.316.